The first-order chi connectivity index (χ1) is 13.5. The fraction of sp³-hybridized carbons (Fsp3) is 1.00. The molecule has 0 aliphatic rings. The predicted octanol–water partition coefficient (Wildman–Crippen LogP) is 9.34. The van der Waals surface area contributed by atoms with Crippen molar-refractivity contribution >= 4 is 25.3 Å². The molecule has 0 saturated carbocycles. The van der Waals surface area contributed by atoms with Crippen molar-refractivity contribution in [2.75, 3.05) is 0 Å². The predicted molar refractivity (Wildman–Crippen MR) is 135 cm³/mol. The summed E-state index contributed by atoms with van der Waals surface area (Å²) in [6.45, 7) is 4.55. The van der Waals surface area contributed by atoms with Crippen molar-refractivity contribution in [3.63, 3.8) is 0 Å². The Balaban J connectivity index is 3.61. The van der Waals surface area contributed by atoms with Gasteiger partial charge in [-0.05, 0) is 12.8 Å². The zero-order valence-corrected chi connectivity index (χ0v) is 21.1. The molecule has 0 saturated heterocycles. The highest BCUT2D eigenvalue weighted by atomic mass is 32.2. The first kappa shape index (κ1) is 28.7. The van der Waals surface area contributed by atoms with Crippen molar-refractivity contribution in [2.45, 2.75) is 153 Å². The molecule has 28 heavy (non-hydrogen) atoms. The van der Waals surface area contributed by atoms with Crippen molar-refractivity contribution in [1.82, 2.24) is 0 Å². The molecule has 0 radical (unpaired) electrons. The molecule has 0 aromatic carbocycles. The molecule has 0 bridgehead atoms. The van der Waals surface area contributed by atoms with E-state index in [2.05, 4.69) is 39.1 Å². The molecule has 1 unspecified atom stereocenters. The largest absolute Gasteiger partial charge is 0.370 e. The van der Waals surface area contributed by atoms with Crippen LogP contribution in [0.4, 0.5) is 0 Å². The fourth-order valence-electron chi connectivity index (χ4n) is 4.11. The highest BCUT2D eigenvalue weighted by Gasteiger charge is 2.27. The van der Waals surface area contributed by atoms with Gasteiger partial charge in [-0.3, -0.25) is 0 Å². The van der Waals surface area contributed by atoms with Gasteiger partial charge in [0.1, 0.15) is 0 Å². The number of thiol groups is 2. The van der Waals surface area contributed by atoms with Gasteiger partial charge in [0.15, 0.2) is 4.27 Å². The SMILES string of the molecule is CCCCCCCCCCCCCC(CCCCCCCCCC)C(O)(S)S. The maximum atomic E-state index is 10.3. The Morgan fingerprint density at radius 2 is 0.750 bits per heavy atom. The second-order valence-electron chi connectivity index (χ2n) is 8.97. The van der Waals surface area contributed by atoms with Crippen molar-refractivity contribution in [2.24, 2.45) is 5.92 Å². The quantitative estimate of drug-likeness (QED) is 0.0884. The maximum Gasteiger partial charge on any atom is 0.154 e. The van der Waals surface area contributed by atoms with Gasteiger partial charge in [0, 0.05) is 5.92 Å². The summed E-state index contributed by atoms with van der Waals surface area (Å²) in [6.07, 6.45) is 27.9. The summed E-state index contributed by atoms with van der Waals surface area (Å²) in [4.78, 5) is 0. The van der Waals surface area contributed by atoms with Gasteiger partial charge in [-0.2, -0.15) is 0 Å². The highest BCUT2D eigenvalue weighted by molar-refractivity contribution is 8.00. The summed E-state index contributed by atoms with van der Waals surface area (Å²) in [5, 5.41) is 10.3. The van der Waals surface area contributed by atoms with Crippen LogP contribution in [0.1, 0.15) is 149 Å². The summed E-state index contributed by atoms with van der Waals surface area (Å²) in [5.41, 5.74) is 0. The Morgan fingerprint density at radius 1 is 0.500 bits per heavy atom. The molecule has 3 heteroatoms. The molecule has 0 spiro atoms. The molecule has 170 valence electrons. The van der Waals surface area contributed by atoms with Gasteiger partial charge in [-0.1, -0.05) is 136 Å². The van der Waals surface area contributed by atoms with Crippen LogP contribution >= 0.6 is 25.3 Å². The molecular weight excluding hydrogens is 380 g/mol. The lowest BCUT2D eigenvalue weighted by atomic mass is 9.94. The van der Waals surface area contributed by atoms with E-state index in [1.54, 1.807) is 0 Å². The van der Waals surface area contributed by atoms with Crippen molar-refractivity contribution in [1.29, 1.82) is 0 Å². The van der Waals surface area contributed by atoms with E-state index in [9.17, 15) is 5.11 Å². The zero-order valence-electron chi connectivity index (χ0n) is 19.3. The number of rotatable bonds is 22. The summed E-state index contributed by atoms with van der Waals surface area (Å²) in [6, 6.07) is 0. The minimum absolute atomic E-state index is 0.220. The lowest BCUT2D eigenvalue weighted by Crippen LogP contribution is -2.25. The summed E-state index contributed by atoms with van der Waals surface area (Å²) in [7, 11) is 0. The van der Waals surface area contributed by atoms with E-state index in [-0.39, 0.29) is 5.92 Å². The lowest BCUT2D eigenvalue weighted by Gasteiger charge is -2.27. The molecule has 0 amide bonds. The normalized spacial score (nSPS) is 13.2. The Kier molecular flexibility index (Phi) is 21.4. The van der Waals surface area contributed by atoms with Crippen molar-refractivity contribution < 1.29 is 5.11 Å². The molecular formula is C25H52OS2. The van der Waals surface area contributed by atoms with Gasteiger partial charge in [0.25, 0.3) is 0 Å². The van der Waals surface area contributed by atoms with Crippen LogP contribution in [0.2, 0.25) is 0 Å². The van der Waals surface area contributed by atoms with Crippen LogP contribution in [-0.4, -0.2) is 9.37 Å². The van der Waals surface area contributed by atoms with E-state index in [0.717, 1.165) is 12.8 Å². The van der Waals surface area contributed by atoms with Gasteiger partial charge in [0.05, 0.1) is 0 Å². The second kappa shape index (κ2) is 20.9. The topological polar surface area (TPSA) is 20.2 Å². The van der Waals surface area contributed by atoms with Gasteiger partial charge in [0.2, 0.25) is 0 Å². The van der Waals surface area contributed by atoms with Gasteiger partial charge in [-0.15, -0.1) is 25.3 Å². The van der Waals surface area contributed by atoms with E-state index in [4.69, 9.17) is 0 Å². The number of hydrogen-bond acceptors (Lipinski definition) is 3. The summed E-state index contributed by atoms with van der Waals surface area (Å²) in [5.74, 6) is 0.220. The third-order valence-electron chi connectivity index (χ3n) is 6.11. The molecule has 1 nitrogen and oxygen atoms in total. The van der Waals surface area contributed by atoms with Crippen LogP contribution in [0.25, 0.3) is 0 Å². The fourth-order valence-corrected chi connectivity index (χ4v) is 4.63. The van der Waals surface area contributed by atoms with Crippen LogP contribution in [-0.2, 0) is 0 Å². The third-order valence-corrected chi connectivity index (χ3v) is 6.84. The van der Waals surface area contributed by atoms with Crippen LogP contribution in [0, 0.1) is 5.92 Å². The Bertz CT molecular complexity index is 301. The summed E-state index contributed by atoms with van der Waals surface area (Å²) >= 11 is 8.71. The van der Waals surface area contributed by atoms with E-state index >= 15 is 0 Å². The average Bonchev–Trinajstić information content (AvgIpc) is 2.65. The second-order valence-corrected chi connectivity index (χ2v) is 10.7. The van der Waals surface area contributed by atoms with E-state index in [1.165, 1.54) is 122 Å². The van der Waals surface area contributed by atoms with Gasteiger partial charge in [-0.25, -0.2) is 0 Å². The minimum Gasteiger partial charge on any atom is -0.370 e. The minimum atomic E-state index is -1.11. The standard InChI is InChI=1S/C25H52OS2/c1-3-5-7-9-11-13-14-15-17-19-21-23-24(25(26,27)28)22-20-18-16-12-10-8-6-4-2/h24,26-28H,3-23H2,1-2H3. The average molecular weight is 433 g/mol. The molecule has 0 heterocycles. The Morgan fingerprint density at radius 3 is 1.00 bits per heavy atom. The molecule has 1 N–H and O–H groups in total. The Hall–Kier alpha value is 0.660. The molecule has 0 aromatic heterocycles. The van der Waals surface area contributed by atoms with Crippen LogP contribution in [0.15, 0.2) is 0 Å². The van der Waals surface area contributed by atoms with Crippen LogP contribution in [0.3, 0.4) is 0 Å². The third kappa shape index (κ3) is 20.0. The Labute approximate surface area is 189 Å². The zero-order chi connectivity index (χ0) is 20.9. The first-order valence-electron chi connectivity index (χ1n) is 12.7. The smallest absolute Gasteiger partial charge is 0.154 e. The van der Waals surface area contributed by atoms with Crippen molar-refractivity contribution in [3.05, 3.63) is 0 Å². The first-order valence-corrected chi connectivity index (χ1v) is 13.6. The molecule has 0 aliphatic heterocycles. The molecule has 0 aromatic rings. The van der Waals surface area contributed by atoms with Gasteiger partial charge >= 0.3 is 0 Å². The molecule has 0 rings (SSSR count). The van der Waals surface area contributed by atoms with E-state index < -0.39 is 4.27 Å². The van der Waals surface area contributed by atoms with E-state index in [1.807, 2.05) is 0 Å². The van der Waals surface area contributed by atoms with Gasteiger partial charge < -0.3 is 5.11 Å². The monoisotopic (exact) mass is 432 g/mol. The maximum absolute atomic E-state index is 10.3. The molecule has 0 aliphatic carbocycles. The van der Waals surface area contributed by atoms with Crippen molar-refractivity contribution in [3.8, 4) is 0 Å². The molecule has 1 atom stereocenters. The number of aliphatic hydroxyl groups is 1. The van der Waals surface area contributed by atoms with Crippen LogP contribution in [0.5, 0.6) is 0 Å². The van der Waals surface area contributed by atoms with Crippen LogP contribution < -0.4 is 0 Å². The number of unbranched alkanes of at least 4 members (excludes halogenated alkanes) is 17. The highest BCUT2D eigenvalue weighted by Crippen LogP contribution is 2.34. The lowest BCUT2D eigenvalue weighted by molar-refractivity contribution is 0.145. The summed E-state index contributed by atoms with van der Waals surface area (Å²) < 4.78 is -1.11. The molecule has 0 fully saturated rings. The van der Waals surface area contributed by atoms with E-state index in [0.29, 0.717) is 0 Å². The number of hydrogen-bond donors (Lipinski definition) is 3.